The summed E-state index contributed by atoms with van der Waals surface area (Å²) in [6.07, 6.45) is 1.60. The highest BCUT2D eigenvalue weighted by Crippen LogP contribution is 2.34. The van der Waals surface area contributed by atoms with Crippen molar-refractivity contribution in [2.24, 2.45) is 0 Å². The second-order valence-corrected chi connectivity index (χ2v) is 8.88. The van der Waals surface area contributed by atoms with Crippen molar-refractivity contribution in [1.29, 1.82) is 0 Å². The molecule has 1 amide bonds. The summed E-state index contributed by atoms with van der Waals surface area (Å²) in [7, 11) is 1.62. The molecule has 0 radical (unpaired) electrons. The number of carbonyl (C=O) groups excluding carboxylic acids is 1. The van der Waals surface area contributed by atoms with Gasteiger partial charge in [-0.25, -0.2) is 4.98 Å². The predicted octanol–water partition coefficient (Wildman–Crippen LogP) is 5.57. The van der Waals surface area contributed by atoms with Crippen LogP contribution in [0.1, 0.15) is 15.4 Å². The summed E-state index contributed by atoms with van der Waals surface area (Å²) in [6, 6.07) is 13.0. The molecule has 0 atom stereocenters. The van der Waals surface area contributed by atoms with E-state index < -0.39 is 0 Å². The maximum absolute atomic E-state index is 13.1. The number of furan rings is 1. The first-order valence-electron chi connectivity index (χ1n) is 7.68. The zero-order chi connectivity index (χ0) is 18.1. The lowest BCUT2D eigenvalue weighted by molar-refractivity contribution is 0.0987. The molecular formula is C18H13BrN2O3S2. The standard InChI is InChI=1S/C18H13BrN2O3S2/c1-23-11-4-5-14-13(9-11)20-18(26-14)21(10-12-3-2-8-24-12)17(22)15-6-7-16(19)25-15/h2-9H,10H2,1H3. The molecule has 1 aromatic carbocycles. The number of methoxy groups -OCH3 is 1. The first-order chi connectivity index (χ1) is 12.6. The normalized spacial score (nSPS) is 11.0. The molecule has 0 fully saturated rings. The summed E-state index contributed by atoms with van der Waals surface area (Å²) in [4.78, 5) is 20.0. The minimum Gasteiger partial charge on any atom is -0.497 e. The Morgan fingerprint density at radius 1 is 1.27 bits per heavy atom. The predicted molar refractivity (Wildman–Crippen MR) is 107 cm³/mol. The average molecular weight is 449 g/mol. The molecule has 0 saturated carbocycles. The molecule has 3 heterocycles. The van der Waals surface area contributed by atoms with Crippen LogP contribution in [0.5, 0.6) is 5.75 Å². The van der Waals surface area contributed by atoms with E-state index in [0.717, 1.165) is 19.8 Å². The van der Waals surface area contributed by atoms with Crippen LogP contribution in [-0.4, -0.2) is 18.0 Å². The van der Waals surface area contributed by atoms with Gasteiger partial charge in [-0.3, -0.25) is 9.69 Å². The van der Waals surface area contributed by atoms with Gasteiger partial charge in [0.15, 0.2) is 5.13 Å². The fraction of sp³-hybridized carbons (Fsp3) is 0.111. The Balaban J connectivity index is 1.75. The van der Waals surface area contributed by atoms with Gasteiger partial charge < -0.3 is 9.15 Å². The molecule has 8 heteroatoms. The van der Waals surface area contributed by atoms with Gasteiger partial charge in [-0.05, 0) is 52.3 Å². The quantitative estimate of drug-likeness (QED) is 0.400. The maximum Gasteiger partial charge on any atom is 0.270 e. The first-order valence-corrected chi connectivity index (χ1v) is 10.1. The van der Waals surface area contributed by atoms with Crippen molar-refractivity contribution in [3.8, 4) is 5.75 Å². The molecule has 5 nitrogen and oxygen atoms in total. The minimum absolute atomic E-state index is 0.108. The number of halogens is 1. The van der Waals surface area contributed by atoms with Crippen LogP contribution >= 0.6 is 38.6 Å². The molecule has 0 aliphatic carbocycles. The number of benzene rings is 1. The lowest BCUT2D eigenvalue weighted by Gasteiger charge is -2.17. The van der Waals surface area contributed by atoms with Crippen LogP contribution in [-0.2, 0) is 6.54 Å². The van der Waals surface area contributed by atoms with Gasteiger partial charge in [0.2, 0.25) is 0 Å². The molecule has 4 aromatic rings. The Kier molecular flexibility index (Phi) is 4.80. The Morgan fingerprint density at radius 2 is 2.15 bits per heavy atom. The number of nitrogens with zero attached hydrogens (tertiary/aromatic N) is 2. The van der Waals surface area contributed by atoms with Gasteiger partial charge in [-0.2, -0.15) is 0 Å². The third kappa shape index (κ3) is 3.40. The highest BCUT2D eigenvalue weighted by Gasteiger charge is 2.24. The van der Waals surface area contributed by atoms with Gasteiger partial charge in [0.05, 0.1) is 38.8 Å². The Morgan fingerprint density at radius 3 is 2.85 bits per heavy atom. The van der Waals surface area contributed by atoms with Crippen molar-refractivity contribution in [2.75, 3.05) is 12.0 Å². The van der Waals surface area contributed by atoms with E-state index in [9.17, 15) is 4.79 Å². The summed E-state index contributed by atoms with van der Waals surface area (Å²) in [5.41, 5.74) is 0.800. The molecule has 0 unspecified atom stereocenters. The third-order valence-corrected chi connectivity index (χ3v) is 6.41. The molecular weight excluding hydrogens is 436 g/mol. The van der Waals surface area contributed by atoms with Crippen LogP contribution in [0.15, 0.2) is 56.9 Å². The number of fused-ring (bicyclic) bond motifs is 1. The van der Waals surface area contributed by atoms with Crippen LogP contribution in [0.4, 0.5) is 5.13 Å². The van der Waals surface area contributed by atoms with Crippen LogP contribution in [0.2, 0.25) is 0 Å². The van der Waals surface area contributed by atoms with Gasteiger partial charge in [-0.15, -0.1) is 11.3 Å². The van der Waals surface area contributed by atoms with Gasteiger partial charge >= 0.3 is 0 Å². The summed E-state index contributed by atoms with van der Waals surface area (Å²) in [5.74, 6) is 1.33. The highest BCUT2D eigenvalue weighted by atomic mass is 79.9. The molecule has 132 valence electrons. The molecule has 0 saturated heterocycles. The van der Waals surface area contributed by atoms with Crippen LogP contribution in [0.25, 0.3) is 10.2 Å². The van der Waals surface area contributed by atoms with Crippen LogP contribution in [0.3, 0.4) is 0 Å². The van der Waals surface area contributed by atoms with Crippen molar-refractivity contribution in [3.05, 3.63) is 63.2 Å². The number of carbonyl (C=O) groups is 1. The maximum atomic E-state index is 13.1. The van der Waals surface area contributed by atoms with Crippen LogP contribution < -0.4 is 9.64 Å². The number of rotatable bonds is 5. The summed E-state index contributed by atoms with van der Waals surface area (Å²) < 4.78 is 12.6. The van der Waals surface area contributed by atoms with E-state index in [1.165, 1.54) is 22.7 Å². The second-order valence-electron chi connectivity index (χ2n) is 5.40. The lowest BCUT2D eigenvalue weighted by atomic mass is 10.3. The van der Waals surface area contributed by atoms with Crippen molar-refractivity contribution in [2.45, 2.75) is 6.54 Å². The number of amides is 1. The lowest BCUT2D eigenvalue weighted by Crippen LogP contribution is -2.29. The number of hydrogen-bond acceptors (Lipinski definition) is 6. The highest BCUT2D eigenvalue weighted by molar-refractivity contribution is 9.11. The van der Waals surface area contributed by atoms with Gasteiger partial charge in [0, 0.05) is 6.07 Å². The average Bonchev–Trinajstić information content (AvgIpc) is 3.38. The van der Waals surface area contributed by atoms with Gasteiger partial charge in [0.1, 0.15) is 11.5 Å². The van der Waals surface area contributed by atoms with Crippen LogP contribution in [0, 0.1) is 0 Å². The van der Waals surface area contributed by atoms with Crippen molar-refractivity contribution >= 4 is 59.9 Å². The molecule has 0 aliphatic rings. The smallest absolute Gasteiger partial charge is 0.270 e. The minimum atomic E-state index is -0.108. The zero-order valence-electron chi connectivity index (χ0n) is 13.6. The number of aromatic nitrogens is 1. The van der Waals surface area contributed by atoms with Gasteiger partial charge in [0.25, 0.3) is 5.91 Å². The summed E-state index contributed by atoms with van der Waals surface area (Å²) in [6.45, 7) is 0.318. The zero-order valence-corrected chi connectivity index (χ0v) is 16.9. The summed E-state index contributed by atoms with van der Waals surface area (Å²) in [5, 5.41) is 0.624. The number of ether oxygens (including phenoxy) is 1. The van der Waals surface area contributed by atoms with E-state index in [0.29, 0.717) is 22.3 Å². The monoisotopic (exact) mass is 448 g/mol. The molecule has 26 heavy (non-hydrogen) atoms. The Hall–Kier alpha value is -2.16. The van der Waals surface area contributed by atoms with E-state index in [1.54, 1.807) is 18.3 Å². The van der Waals surface area contributed by atoms with Gasteiger partial charge in [-0.1, -0.05) is 11.3 Å². The molecule has 4 rings (SSSR count). The number of hydrogen-bond donors (Lipinski definition) is 0. The largest absolute Gasteiger partial charge is 0.497 e. The number of thiazole rings is 1. The Bertz CT molecular complexity index is 1060. The fourth-order valence-corrected chi connectivity index (χ4v) is 4.76. The first kappa shape index (κ1) is 17.3. The molecule has 3 aromatic heterocycles. The SMILES string of the molecule is COc1ccc2sc(N(Cc3ccco3)C(=O)c3ccc(Br)s3)nc2c1. The van der Waals surface area contributed by atoms with Crippen molar-refractivity contribution in [3.63, 3.8) is 0 Å². The molecule has 0 aliphatic heterocycles. The third-order valence-electron chi connectivity index (χ3n) is 3.74. The van der Waals surface area contributed by atoms with Crippen molar-refractivity contribution in [1.82, 2.24) is 4.98 Å². The molecule has 0 N–H and O–H groups in total. The van der Waals surface area contributed by atoms with E-state index in [4.69, 9.17) is 9.15 Å². The fourth-order valence-electron chi connectivity index (χ4n) is 2.48. The van der Waals surface area contributed by atoms with E-state index in [1.807, 2.05) is 42.5 Å². The Labute approximate surface area is 166 Å². The molecule has 0 spiro atoms. The summed E-state index contributed by atoms with van der Waals surface area (Å²) >= 11 is 6.27. The number of thiophene rings is 1. The topological polar surface area (TPSA) is 55.6 Å². The number of anilines is 1. The van der Waals surface area contributed by atoms with Crippen molar-refractivity contribution < 1.29 is 13.9 Å². The van der Waals surface area contributed by atoms with E-state index >= 15 is 0 Å². The van der Waals surface area contributed by atoms with E-state index in [-0.39, 0.29) is 5.91 Å². The molecule has 0 bridgehead atoms. The second kappa shape index (κ2) is 7.22. The van der Waals surface area contributed by atoms with E-state index in [2.05, 4.69) is 20.9 Å².